The molecular formula is C13H15ClN2O4. The molecule has 1 amide bonds. The lowest BCUT2D eigenvalue weighted by atomic mass is 10.1. The zero-order valence-electron chi connectivity index (χ0n) is 11.0. The topological polar surface area (TPSA) is 81.5 Å². The summed E-state index contributed by atoms with van der Waals surface area (Å²) < 4.78 is 5.30. The van der Waals surface area contributed by atoms with Crippen molar-refractivity contribution in [3.63, 3.8) is 0 Å². The molecule has 6 nitrogen and oxygen atoms in total. The minimum Gasteiger partial charge on any atom is -0.379 e. The molecule has 1 aliphatic carbocycles. The number of benzene rings is 1. The number of ether oxygens (including phenoxy) is 1. The Morgan fingerprint density at radius 1 is 1.50 bits per heavy atom. The minimum absolute atomic E-state index is 0.00114. The van der Waals surface area contributed by atoms with Crippen LogP contribution >= 0.6 is 11.6 Å². The lowest BCUT2D eigenvalue weighted by Crippen LogP contribution is -2.40. The van der Waals surface area contributed by atoms with Crippen molar-refractivity contribution < 1.29 is 14.5 Å². The maximum Gasteiger partial charge on any atom is 0.288 e. The van der Waals surface area contributed by atoms with Gasteiger partial charge in [0.05, 0.1) is 17.1 Å². The number of hydrogen-bond donors (Lipinski definition) is 1. The fraction of sp³-hybridized carbons (Fsp3) is 0.462. The van der Waals surface area contributed by atoms with Gasteiger partial charge >= 0.3 is 0 Å². The number of halogens is 1. The van der Waals surface area contributed by atoms with E-state index in [-0.39, 0.29) is 34.3 Å². The largest absolute Gasteiger partial charge is 0.379 e. The van der Waals surface area contributed by atoms with Crippen LogP contribution in [0.15, 0.2) is 18.2 Å². The molecule has 0 aromatic heterocycles. The Morgan fingerprint density at radius 2 is 2.25 bits per heavy atom. The van der Waals surface area contributed by atoms with E-state index in [2.05, 4.69) is 5.32 Å². The standard InChI is InChI=1S/C13H15ClN2O4/c1-20-12-4-2-3-10(12)15-13(17)8-5-6-9(14)11(7-8)16(18)19/h5-7,10,12H,2-4H2,1H3,(H,15,17). The summed E-state index contributed by atoms with van der Waals surface area (Å²) in [5.74, 6) is -0.348. The Morgan fingerprint density at radius 3 is 2.90 bits per heavy atom. The SMILES string of the molecule is COC1CCCC1NC(=O)c1ccc(Cl)c([N+](=O)[O-])c1. The van der Waals surface area contributed by atoms with E-state index in [9.17, 15) is 14.9 Å². The van der Waals surface area contributed by atoms with Crippen LogP contribution in [0.2, 0.25) is 5.02 Å². The summed E-state index contributed by atoms with van der Waals surface area (Å²) >= 11 is 5.72. The smallest absolute Gasteiger partial charge is 0.288 e. The van der Waals surface area contributed by atoms with Gasteiger partial charge in [0.2, 0.25) is 0 Å². The van der Waals surface area contributed by atoms with Crippen LogP contribution in [-0.2, 0) is 4.74 Å². The van der Waals surface area contributed by atoms with Crippen LogP contribution in [0.4, 0.5) is 5.69 Å². The number of methoxy groups -OCH3 is 1. The fourth-order valence-corrected chi connectivity index (χ4v) is 2.61. The Bertz CT molecular complexity index is 535. The van der Waals surface area contributed by atoms with Crippen LogP contribution in [0.1, 0.15) is 29.6 Å². The summed E-state index contributed by atoms with van der Waals surface area (Å²) in [4.78, 5) is 22.3. The maximum absolute atomic E-state index is 12.1. The van der Waals surface area contributed by atoms with Gasteiger partial charge < -0.3 is 10.1 Å². The van der Waals surface area contributed by atoms with Gasteiger partial charge in [-0.3, -0.25) is 14.9 Å². The summed E-state index contributed by atoms with van der Waals surface area (Å²) in [6.07, 6.45) is 2.74. The van der Waals surface area contributed by atoms with E-state index >= 15 is 0 Å². The fourth-order valence-electron chi connectivity index (χ4n) is 2.42. The van der Waals surface area contributed by atoms with Crippen LogP contribution in [0.5, 0.6) is 0 Å². The number of carbonyl (C=O) groups is 1. The summed E-state index contributed by atoms with van der Waals surface area (Å²) in [6.45, 7) is 0. The highest BCUT2D eigenvalue weighted by Gasteiger charge is 2.29. The Labute approximate surface area is 121 Å². The molecule has 0 spiro atoms. The molecule has 2 rings (SSSR count). The third-order valence-corrected chi connectivity index (χ3v) is 3.80. The molecule has 0 saturated heterocycles. The molecule has 1 aliphatic rings. The summed E-state index contributed by atoms with van der Waals surface area (Å²) in [7, 11) is 1.61. The Hall–Kier alpha value is -1.66. The molecule has 0 radical (unpaired) electrons. The minimum atomic E-state index is -0.605. The monoisotopic (exact) mass is 298 g/mol. The molecule has 1 saturated carbocycles. The molecule has 1 aromatic rings. The van der Waals surface area contributed by atoms with Crippen molar-refractivity contribution >= 4 is 23.2 Å². The van der Waals surface area contributed by atoms with Gasteiger partial charge in [0.25, 0.3) is 11.6 Å². The van der Waals surface area contributed by atoms with E-state index in [1.165, 1.54) is 18.2 Å². The van der Waals surface area contributed by atoms with Gasteiger partial charge in [-0.25, -0.2) is 0 Å². The molecule has 108 valence electrons. The first-order chi connectivity index (χ1) is 9.52. The first-order valence-electron chi connectivity index (χ1n) is 6.30. The second-order valence-corrected chi connectivity index (χ2v) is 5.12. The average Bonchev–Trinajstić information content (AvgIpc) is 2.86. The second kappa shape index (κ2) is 6.19. The second-order valence-electron chi connectivity index (χ2n) is 4.71. The predicted octanol–water partition coefficient (Wildman–Crippen LogP) is 2.55. The first-order valence-corrected chi connectivity index (χ1v) is 6.68. The number of nitrogens with one attached hydrogen (secondary N) is 1. The summed E-state index contributed by atoms with van der Waals surface area (Å²) in [5.41, 5.74) is -0.0446. The molecule has 2 atom stereocenters. The zero-order chi connectivity index (χ0) is 14.7. The van der Waals surface area contributed by atoms with Crippen molar-refractivity contribution in [1.29, 1.82) is 0 Å². The highest BCUT2D eigenvalue weighted by Crippen LogP contribution is 2.26. The molecule has 7 heteroatoms. The molecule has 0 heterocycles. The van der Waals surface area contributed by atoms with Gasteiger partial charge in [-0.15, -0.1) is 0 Å². The molecule has 1 fully saturated rings. The number of rotatable bonds is 4. The quantitative estimate of drug-likeness (QED) is 0.684. The normalized spacial score (nSPS) is 21.7. The number of nitro benzene ring substituents is 1. The summed E-state index contributed by atoms with van der Waals surface area (Å²) in [6, 6.07) is 3.97. The molecule has 2 unspecified atom stereocenters. The van der Waals surface area contributed by atoms with Gasteiger partial charge in [-0.05, 0) is 31.4 Å². The van der Waals surface area contributed by atoms with Crippen molar-refractivity contribution in [2.24, 2.45) is 0 Å². The van der Waals surface area contributed by atoms with Gasteiger partial charge in [-0.2, -0.15) is 0 Å². The molecule has 1 aromatic carbocycles. The molecule has 0 bridgehead atoms. The van der Waals surface area contributed by atoms with Crippen molar-refractivity contribution in [2.45, 2.75) is 31.4 Å². The van der Waals surface area contributed by atoms with Gasteiger partial charge in [0.15, 0.2) is 0 Å². The Balaban J connectivity index is 2.13. The summed E-state index contributed by atoms with van der Waals surface area (Å²) in [5, 5.41) is 13.7. The lowest BCUT2D eigenvalue weighted by molar-refractivity contribution is -0.384. The van der Waals surface area contributed by atoms with E-state index in [4.69, 9.17) is 16.3 Å². The van der Waals surface area contributed by atoms with Crippen molar-refractivity contribution in [1.82, 2.24) is 5.32 Å². The van der Waals surface area contributed by atoms with E-state index < -0.39 is 4.92 Å². The molecule has 1 N–H and O–H groups in total. The van der Waals surface area contributed by atoms with E-state index in [0.29, 0.717) is 0 Å². The van der Waals surface area contributed by atoms with Crippen molar-refractivity contribution in [2.75, 3.05) is 7.11 Å². The van der Waals surface area contributed by atoms with Gasteiger partial charge in [0, 0.05) is 18.7 Å². The van der Waals surface area contributed by atoms with E-state index in [0.717, 1.165) is 19.3 Å². The number of amides is 1. The lowest BCUT2D eigenvalue weighted by Gasteiger charge is -2.19. The van der Waals surface area contributed by atoms with Crippen molar-refractivity contribution in [3.8, 4) is 0 Å². The number of carbonyl (C=O) groups excluding carboxylic acids is 1. The predicted molar refractivity (Wildman–Crippen MR) is 74.0 cm³/mol. The highest BCUT2D eigenvalue weighted by atomic mass is 35.5. The van der Waals surface area contributed by atoms with E-state index in [1.807, 2.05) is 0 Å². The zero-order valence-corrected chi connectivity index (χ0v) is 11.7. The van der Waals surface area contributed by atoms with Crippen LogP contribution < -0.4 is 5.32 Å². The van der Waals surface area contributed by atoms with Gasteiger partial charge in [0.1, 0.15) is 5.02 Å². The maximum atomic E-state index is 12.1. The first kappa shape index (κ1) is 14.7. The number of hydrogen-bond acceptors (Lipinski definition) is 4. The third kappa shape index (κ3) is 3.08. The Kier molecular flexibility index (Phi) is 4.57. The molecule has 0 aliphatic heterocycles. The van der Waals surface area contributed by atoms with E-state index in [1.54, 1.807) is 7.11 Å². The number of nitro groups is 1. The van der Waals surface area contributed by atoms with Crippen LogP contribution in [-0.4, -0.2) is 30.1 Å². The highest BCUT2D eigenvalue weighted by molar-refractivity contribution is 6.32. The van der Waals surface area contributed by atoms with Crippen LogP contribution in [0, 0.1) is 10.1 Å². The van der Waals surface area contributed by atoms with Crippen molar-refractivity contribution in [3.05, 3.63) is 38.9 Å². The van der Waals surface area contributed by atoms with Crippen LogP contribution in [0.25, 0.3) is 0 Å². The third-order valence-electron chi connectivity index (χ3n) is 3.48. The molecule has 20 heavy (non-hydrogen) atoms. The van der Waals surface area contributed by atoms with Crippen LogP contribution in [0.3, 0.4) is 0 Å². The molecular weight excluding hydrogens is 284 g/mol. The van der Waals surface area contributed by atoms with Gasteiger partial charge in [-0.1, -0.05) is 11.6 Å². The number of nitrogens with zero attached hydrogens (tertiary/aromatic N) is 1. The average molecular weight is 299 g/mol.